The molecule has 0 unspecified atom stereocenters. The lowest BCUT2D eigenvalue weighted by atomic mass is 9.90. The van der Waals surface area contributed by atoms with E-state index in [-0.39, 0.29) is 0 Å². The molecule has 0 saturated heterocycles. The van der Waals surface area contributed by atoms with E-state index in [2.05, 4.69) is 174 Å². The number of pyridine rings is 1. The summed E-state index contributed by atoms with van der Waals surface area (Å²) in [5.41, 5.74) is 14.5. The lowest BCUT2D eigenvalue weighted by Crippen LogP contribution is -2.02. The number of rotatable bonds is 8. The summed E-state index contributed by atoms with van der Waals surface area (Å²) in [5, 5.41) is 4.97. The fourth-order valence-electron chi connectivity index (χ4n) is 9.69. The summed E-state index contributed by atoms with van der Waals surface area (Å²) in [4.78, 5) is 21.1. The van der Waals surface area contributed by atoms with E-state index in [1.54, 1.807) is 0 Å². The Labute approximate surface area is 397 Å². The zero-order valence-corrected chi connectivity index (χ0v) is 37.5. The molecule has 4 heterocycles. The van der Waals surface area contributed by atoms with Gasteiger partial charge in [-0.15, -0.1) is 11.3 Å². The van der Waals surface area contributed by atoms with E-state index in [0.29, 0.717) is 17.5 Å². The highest BCUT2D eigenvalue weighted by Crippen LogP contribution is 2.46. The maximum Gasteiger partial charge on any atom is 0.166 e. The van der Waals surface area contributed by atoms with Crippen molar-refractivity contribution in [2.24, 2.45) is 0 Å². The smallest absolute Gasteiger partial charge is 0.166 e. The average Bonchev–Trinajstić information content (AvgIpc) is 3.97. The number of hydrogen-bond acceptors (Lipinski definition) is 5. The van der Waals surface area contributed by atoms with Gasteiger partial charge in [-0.25, -0.2) is 15.0 Å². The minimum absolute atomic E-state index is 0.550. The normalized spacial score (nSPS) is 11.5. The highest BCUT2D eigenvalue weighted by molar-refractivity contribution is 7.26. The molecule has 0 atom stereocenters. The van der Waals surface area contributed by atoms with E-state index in [9.17, 15) is 0 Å². The number of thiophene rings is 1. The third-order valence-corrected chi connectivity index (χ3v) is 14.1. The SMILES string of the molecule is c1ccc(-c2ccc(-c3ccccc3)c(-c3cnc(-c4ccc5c(c4)sc4c5ccc5c4c4ccccc4n5-c4ccccc4)c(-c4nc(-c5ccccc5)nc(-c5ccccc5)n4)c3)c2)cc1. The van der Waals surface area contributed by atoms with E-state index in [1.807, 2.05) is 78.2 Å². The first-order valence-corrected chi connectivity index (χ1v) is 23.6. The second kappa shape index (κ2) is 16.5. The molecule has 0 aliphatic rings. The molecule has 318 valence electrons. The predicted molar refractivity (Wildman–Crippen MR) is 283 cm³/mol. The average molecular weight is 886 g/mol. The molecule has 9 aromatic carbocycles. The minimum atomic E-state index is 0.550. The molecule has 0 saturated carbocycles. The Kier molecular flexibility index (Phi) is 9.62. The van der Waals surface area contributed by atoms with Crippen molar-refractivity contribution < 1.29 is 0 Å². The molecule has 6 heteroatoms. The van der Waals surface area contributed by atoms with Crippen LogP contribution in [0.2, 0.25) is 0 Å². The third kappa shape index (κ3) is 6.86. The molecule has 0 fully saturated rings. The molecule has 13 rings (SSSR count). The van der Waals surface area contributed by atoms with Crippen LogP contribution < -0.4 is 0 Å². The van der Waals surface area contributed by atoms with Crippen molar-refractivity contribution in [3.63, 3.8) is 0 Å². The summed E-state index contributed by atoms with van der Waals surface area (Å²) in [6, 6.07) is 81.2. The van der Waals surface area contributed by atoms with Crippen molar-refractivity contribution in [2.45, 2.75) is 0 Å². The van der Waals surface area contributed by atoms with Crippen LogP contribution in [-0.4, -0.2) is 24.5 Å². The van der Waals surface area contributed by atoms with Gasteiger partial charge in [-0.2, -0.15) is 0 Å². The molecule has 0 N–H and O–H groups in total. The Hall–Kier alpha value is -8.84. The Morgan fingerprint density at radius 1 is 0.338 bits per heavy atom. The van der Waals surface area contributed by atoms with Crippen LogP contribution >= 0.6 is 11.3 Å². The molecule has 68 heavy (non-hydrogen) atoms. The highest BCUT2D eigenvalue weighted by Gasteiger charge is 2.22. The zero-order valence-electron chi connectivity index (χ0n) is 36.7. The van der Waals surface area contributed by atoms with Crippen molar-refractivity contribution >= 4 is 53.3 Å². The molecule has 13 aromatic rings. The van der Waals surface area contributed by atoms with Crippen LogP contribution in [0.3, 0.4) is 0 Å². The standard InChI is InChI=1S/C62H39N5S/c1-6-18-40(19-7-1)44-30-32-48(41-20-8-2-9-21-41)52(36-44)46-37-53(62-65-60(42-22-10-3-11-23-42)64-61(66-62)43-24-12-4-13-25-43)58(63-39-46)45-31-33-49-50-34-35-55-57(59(50)68-56(49)38-45)51-28-16-17-29-54(51)67(55)47-26-14-5-15-27-47/h1-39H. The van der Waals surface area contributed by atoms with E-state index in [0.717, 1.165) is 67.0 Å². The molecule has 0 aliphatic heterocycles. The largest absolute Gasteiger partial charge is 0.309 e. The molecular weight excluding hydrogens is 847 g/mol. The Balaban J connectivity index is 1.05. The van der Waals surface area contributed by atoms with Gasteiger partial charge < -0.3 is 4.57 Å². The molecule has 0 bridgehead atoms. The van der Waals surface area contributed by atoms with Gasteiger partial charge in [0.15, 0.2) is 17.5 Å². The van der Waals surface area contributed by atoms with Gasteiger partial charge in [0, 0.05) is 70.6 Å². The Morgan fingerprint density at radius 2 is 0.897 bits per heavy atom. The number of para-hydroxylation sites is 2. The van der Waals surface area contributed by atoms with Crippen LogP contribution in [0.15, 0.2) is 237 Å². The summed E-state index contributed by atoms with van der Waals surface area (Å²) >= 11 is 1.84. The summed E-state index contributed by atoms with van der Waals surface area (Å²) in [7, 11) is 0. The number of nitrogens with zero attached hydrogens (tertiary/aromatic N) is 5. The molecule has 5 nitrogen and oxygen atoms in total. The zero-order chi connectivity index (χ0) is 45.0. The summed E-state index contributed by atoms with van der Waals surface area (Å²) in [5.74, 6) is 1.75. The highest BCUT2D eigenvalue weighted by atomic mass is 32.1. The summed E-state index contributed by atoms with van der Waals surface area (Å²) < 4.78 is 4.85. The minimum Gasteiger partial charge on any atom is -0.309 e. The van der Waals surface area contributed by atoms with Gasteiger partial charge >= 0.3 is 0 Å². The van der Waals surface area contributed by atoms with Gasteiger partial charge in [-0.3, -0.25) is 4.98 Å². The molecular formula is C62H39N5S. The Morgan fingerprint density at radius 3 is 1.59 bits per heavy atom. The van der Waals surface area contributed by atoms with Crippen LogP contribution in [0.4, 0.5) is 0 Å². The van der Waals surface area contributed by atoms with Gasteiger partial charge in [0.2, 0.25) is 0 Å². The van der Waals surface area contributed by atoms with Gasteiger partial charge in [-0.05, 0) is 70.3 Å². The molecule has 4 aromatic heterocycles. The lowest BCUT2D eigenvalue weighted by Gasteiger charge is -2.16. The molecule has 0 spiro atoms. The van der Waals surface area contributed by atoms with Crippen LogP contribution in [0, 0.1) is 0 Å². The first-order chi connectivity index (χ1) is 33.7. The Bertz CT molecular complexity index is 3940. The van der Waals surface area contributed by atoms with Gasteiger partial charge in [0.25, 0.3) is 0 Å². The van der Waals surface area contributed by atoms with Crippen molar-refractivity contribution in [2.75, 3.05) is 0 Å². The van der Waals surface area contributed by atoms with Crippen LogP contribution in [0.25, 0.3) is 126 Å². The maximum atomic E-state index is 5.43. The predicted octanol–water partition coefficient (Wildman–Crippen LogP) is 16.4. The van der Waals surface area contributed by atoms with Gasteiger partial charge in [-0.1, -0.05) is 188 Å². The first kappa shape index (κ1) is 39.5. The maximum absolute atomic E-state index is 5.43. The second-order valence-corrected chi connectivity index (χ2v) is 18.0. The van der Waals surface area contributed by atoms with Crippen LogP contribution in [0.5, 0.6) is 0 Å². The number of benzene rings is 9. The third-order valence-electron chi connectivity index (χ3n) is 12.9. The van der Waals surface area contributed by atoms with E-state index >= 15 is 0 Å². The van der Waals surface area contributed by atoms with Crippen molar-refractivity contribution in [3.8, 4) is 84.5 Å². The molecule has 0 aliphatic carbocycles. The number of aromatic nitrogens is 5. The summed E-state index contributed by atoms with van der Waals surface area (Å²) in [6.45, 7) is 0. The first-order valence-electron chi connectivity index (χ1n) is 22.8. The monoisotopic (exact) mass is 885 g/mol. The second-order valence-electron chi connectivity index (χ2n) is 17.0. The van der Waals surface area contributed by atoms with Crippen molar-refractivity contribution in [1.82, 2.24) is 24.5 Å². The van der Waals surface area contributed by atoms with Crippen molar-refractivity contribution in [1.29, 1.82) is 0 Å². The van der Waals surface area contributed by atoms with E-state index in [4.69, 9.17) is 19.9 Å². The fourth-order valence-corrected chi connectivity index (χ4v) is 11.0. The van der Waals surface area contributed by atoms with E-state index < -0.39 is 0 Å². The van der Waals surface area contributed by atoms with E-state index in [1.165, 1.54) is 42.0 Å². The van der Waals surface area contributed by atoms with Gasteiger partial charge in [0.1, 0.15) is 0 Å². The topological polar surface area (TPSA) is 56.5 Å². The quantitative estimate of drug-likeness (QED) is 0.153. The lowest BCUT2D eigenvalue weighted by molar-refractivity contribution is 1.07. The number of hydrogen-bond donors (Lipinski definition) is 0. The number of fused-ring (bicyclic) bond motifs is 7. The molecule has 0 radical (unpaired) electrons. The van der Waals surface area contributed by atoms with Crippen molar-refractivity contribution in [3.05, 3.63) is 237 Å². The fraction of sp³-hybridized carbons (Fsp3) is 0. The molecule has 0 amide bonds. The summed E-state index contributed by atoms with van der Waals surface area (Å²) in [6.07, 6.45) is 2.02. The van der Waals surface area contributed by atoms with Crippen LogP contribution in [0.1, 0.15) is 0 Å². The van der Waals surface area contributed by atoms with Crippen LogP contribution in [-0.2, 0) is 0 Å². The van der Waals surface area contributed by atoms with Gasteiger partial charge in [0.05, 0.1) is 16.7 Å².